The smallest absolute Gasteiger partial charge is 0.182 e. The third-order valence-corrected chi connectivity index (χ3v) is 1.91. The van der Waals surface area contributed by atoms with E-state index >= 15 is 0 Å². The fourth-order valence-electron chi connectivity index (χ4n) is 0.618. The van der Waals surface area contributed by atoms with Crippen LogP contribution in [0.4, 0.5) is 5.13 Å². The second kappa shape index (κ2) is 4.27. The third kappa shape index (κ3) is 2.45. The summed E-state index contributed by atoms with van der Waals surface area (Å²) in [6.45, 7) is -0.174. The van der Waals surface area contributed by atoms with Crippen molar-refractivity contribution in [1.82, 2.24) is 4.98 Å². The number of aromatic nitrogens is 1. The van der Waals surface area contributed by atoms with E-state index < -0.39 is 0 Å². The van der Waals surface area contributed by atoms with Crippen molar-refractivity contribution in [2.45, 2.75) is 6.04 Å². The summed E-state index contributed by atoms with van der Waals surface area (Å²) < 4.78 is 0. The molecule has 0 saturated carbocycles. The van der Waals surface area contributed by atoms with Gasteiger partial charge in [0.25, 0.3) is 0 Å². The Hall–Kier alpha value is -0.650. The minimum Gasteiger partial charge on any atom is -0.394 e. The van der Waals surface area contributed by atoms with Gasteiger partial charge in [0.05, 0.1) is 19.3 Å². The molecule has 0 unspecified atom stereocenters. The molecule has 0 bridgehead atoms. The number of rotatable bonds is 4. The summed E-state index contributed by atoms with van der Waals surface area (Å²) in [5.74, 6) is 0. The Morgan fingerprint density at radius 2 is 2.27 bits per heavy atom. The van der Waals surface area contributed by atoms with Gasteiger partial charge in [0, 0.05) is 11.6 Å². The molecule has 0 aromatic carbocycles. The molecule has 0 amide bonds. The first kappa shape index (κ1) is 8.45. The van der Waals surface area contributed by atoms with Gasteiger partial charge in [-0.25, -0.2) is 4.98 Å². The number of thiazole rings is 1. The van der Waals surface area contributed by atoms with E-state index in [4.69, 9.17) is 10.2 Å². The summed E-state index contributed by atoms with van der Waals surface area (Å²) in [4.78, 5) is 3.94. The van der Waals surface area contributed by atoms with Crippen molar-refractivity contribution in [2.75, 3.05) is 18.5 Å². The van der Waals surface area contributed by atoms with Crippen molar-refractivity contribution >= 4 is 16.5 Å². The van der Waals surface area contributed by atoms with E-state index in [1.165, 1.54) is 11.3 Å². The summed E-state index contributed by atoms with van der Waals surface area (Å²) in [5.41, 5.74) is 0. The highest BCUT2D eigenvalue weighted by atomic mass is 32.1. The average molecular weight is 174 g/mol. The van der Waals surface area contributed by atoms with Crippen LogP contribution >= 0.6 is 11.3 Å². The van der Waals surface area contributed by atoms with Crippen LogP contribution in [0.2, 0.25) is 0 Å². The van der Waals surface area contributed by atoms with Crippen molar-refractivity contribution in [2.24, 2.45) is 0 Å². The zero-order valence-electron chi connectivity index (χ0n) is 5.90. The SMILES string of the molecule is OCC(CO)Nc1nccs1. The summed E-state index contributed by atoms with van der Waals surface area (Å²) in [6.07, 6.45) is 1.67. The lowest BCUT2D eigenvalue weighted by Crippen LogP contribution is -2.27. The van der Waals surface area contributed by atoms with Crippen LogP contribution in [0.15, 0.2) is 11.6 Å². The number of hydrogen-bond donors (Lipinski definition) is 3. The van der Waals surface area contributed by atoms with Gasteiger partial charge < -0.3 is 15.5 Å². The van der Waals surface area contributed by atoms with Crippen LogP contribution in [0.3, 0.4) is 0 Å². The molecule has 11 heavy (non-hydrogen) atoms. The maximum absolute atomic E-state index is 8.68. The number of aliphatic hydroxyl groups is 2. The summed E-state index contributed by atoms with van der Waals surface area (Å²) in [6, 6.07) is -0.304. The average Bonchev–Trinajstić information content (AvgIpc) is 2.52. The van der Waals surface area contributed by atoms with E-state index in [1.54, 1.807) is 6.20 Å². The molecule has 0 aliphatic heterocycles. The van der Waals surface area contributed by atoms with Crippen LogP contribution in [0.1, 0.15) is 0 Å². The zero-order valence-corrected chi connectivity index (χ0v) is 6.71. The van der Waals surface area contributed by atoms with Gasteiger partial charge in [-0.15, -0.1) is 11.3 Å². The van der Waals surface area contributed by atoms with E-state index in [0.717, 1.165) is 5.13 Å². The fraction of sp³-hybridized carbons (Fsp3) is 0.500. The van der Waals surface area contributed by atoms with Gasteiger partial charge in [-0.05, 0) is 0 Å². The number of nitrogens with zero attached hydrogens (tertiary/aromatic N) is 1. The number of aliphatic hydroxyl groups excluding tert-OH is 2. The first-order chi connectivity index (χ1) is 5.36. The van der Waals surface area contributed by atoms with Crippen LogP contribution in [-0.2, 0) is 0 Å². The Kier molecular flexibility index (Phi) is 3.28. The molecule has 3 N–H and O–H groups in total. The van der Waals surface area contributed by atoms with Gasteiger partial charge in [0.1, 0.15) is 0 Å². The molecular formula is C6H10N2O2S. The molecular weight excluding hydrogens is 164 g/mol. The molecule has 1 heterocycles. The fourth-order valence-corrected chi connectivity index (χ4v) is 1.23. The van der Waals surface area contributed by atoms with E-state index in [0.29, 0.717) is 0 Å². The molecule has 0 spiro atoms. The van der Waals surface area contributed by atoms with Crippen LogP contribution in [0.5, 0.6) is 0 Å². The van der Waals surface area contributed by atoms with Crippen molar-refractivity contribution in [3.8, 4) is 0 Å². The second-order valence-electron chi connectivity index (χ2n) is 2.04. The zero-order chi connectivity index (χ0) is 8.10. The Bertz CT molecular complexity index is 186. The highest BCUT2D eigenvalue weighted by molar-refractivity contribution is 7.13. The molecule has 1 aromatic heterocycles. The molecule has 1 rings (SSSR count). The normalized spacial score (nSPS) is 10.5. The van der Waals surface area contributed by atoms with E-state index in [2.05, 4.69) is 10.3 Å². The Labute approximate surface area is 68.5 Å². The predicted octanol–water partition coefficient (Wildman–Crippen LogP) is -0.0918. The lowest BCUT2D eigenvalue weighted by atomic mass is 10.3. The molecule has 0 aliphatic rings. The first-order valence-corrected chi connectivity index (χ1v) is 4.12. The van der Waals surface area contributed by atoms with Gasteiger partial charge in [-0.3, -0.25) is 0 Å². The lowest BCUT2D eigenvalue weighted by Gasteiger charge is -2.10. The summed E-state index contributed by atoms with van der Waals surface area (Å²) in [7, 11) is 0. The Balaban J connectivity index is 2.41. The first-order valence-electron chi connectivity index (χ1n) is 3.24. The largest absolute Gasteiger partial charge is 0.394 e. The van der Waals surface area contributed by atoms with Crippen LogP contribution in [-0.4, -0.2) is 34.5 Å². The van der Waals surface area contributed by atoms with Gasteiger partial charge in [0.2, 0.25) is 0 Å². The second-order valence-corrected chi connectivity index (χ2v) is 2.94. The maximum Gasteiger partial charge on any atom is 0.182 e. The summed E-state index contributed by atoms with van der Waals surface area (Å²) in [5, 5.41) is 22.8. The van der Waals surface area contributed by atoms with E-state index in [-0.39, 0.29) is 19.3 Å². The minimum absolute atomic E-state index is 0.0872. The van der Waals surface area contributed by atoms with Crippen LogP contribution < -0.4 is 5.32 Å². The maximum atomic E-state index is 8.68. The van der Waals surface area contributed by atoms with Gasteiger partial charge in [-0.2, -0.15) is 0 Å². The molecule has 62 valence electrons. The highest BCUT2D eigenvalue weighted by Crippen LogP contribution is 2.10. The topological polar surface area (TPSA) is 65.4 Å². The highest BCUT2D eigenvalue weighted by Gasteiger charge is 2.05. The van der Waals surface area contributed by atoms with Gasteiger partial charge >= 0.3 is 0 Å². The van der Waals surface area contributed by atoms with Crippen LogP contribution in [0.25, 0.3) is 0 Å². The summed E-state index contributed by atoms with van der Waals surface area (Å²) >= 11 is 1.44. The lowest BCUT2D eigenvalue weighted by molar-refractivity contribution is 0.204. The van der Waals surface area contributed by atoms with Crippen molar-refractivity contribution in [3.63, 3.8) is 0 Å². The molecule has 1 aromatic rings. The molecule has 5 heteroatoms. The quantitative estimate of drug-likeness (QED) is 0.597. The van der Waals surface area contributed by atoms with E-state index in [1.807, 2.05) is 5.38 Å². The predicted molar refractivity (Wildman–Crippen MR) is 43.7 cm³/mol. The Morgan fingerprint density at radius 1 is 1.55 bits per heavy atom. The third-order valence-electron chi connectivity index (χ3n) is 1.20. The molecule has 0 saturated heterocycles. The van der Waals surface area contributed by atoms with Gasteiger partial charge in [0.15, 0.2) is 5.13 Å². The standard InChI is InChI=1S/C6H10N2O2S/c9-3-5(4-10)8-6-7-1-2-11-6/h1-2,5,9-10H,3-4H2,(H,7,8). The number of hydrogen-bond acceptors (Lipinski definition) is 5. The Morgan fingerprint density at radius 3 is 2.73 bits per heavy atom. The molecule has 4 nitrogen and oxygen atoms in total. The molecule has 0 aliphatic carbocycles. The van der Waals surface area contributed by atoms with Crippen molar-refractivity contribution < 1.29 is 10.2 Å². The van der Waals surface area contributed by atoms with Crippen molar-refractivity contribution in [3.05, 3.63) is 11.6 Å². The van der Waals surface area contributed by atoms with Crippen molar-refractivity contribution in [1.29, 1.82) is 0 Å². The monoisotopic (exact) mass is 174 g/mol. The molecule has 0 fully saturated rings. The van der Waals surface area contributed by atoms with E-state index in [9.17, 15) is 0 Å². The number of nitrogens with one attached hydrogen (secondary N) is 1. The molecule has 0 atom stereocenters. The van der Waals surface area contributed by atoms with Crippen LogP contribution in [0, 0.1) is 0 Å². The minimum atomic E-state index is -0.304. The van der Waals surface area contributed by atoms with Gasteiger partial charge in [-0.1, -0.05) is 0 Å². The molecule has 0 radical (unpaired) electrons. The number of anilines is 1.